The molecule has 1 N–H and O–H groups in total. The number of nitrogens with one attached hydrogen (secondary N) is 1. The molecule has 2 heterocycles. The van der Waals surface area contributed by atoms with Gasteiger partial charge in [-0.3, -0.25) is 24.1 Å². The number of imide groups is 1. The highest BCUT2D eigenvalue weighted by molar-refractivity contribution is 6.07. The van der Waals surface area contributed by atoms with E-state index in [1.54, 1.807) is 0 Å². The number of hydrogen-bond donors (Lipinski definition) is 1. The van der Waals surface area contributed by atoms with E-state index < -0.39 is 31.3 Å². The number of benzene rings is 1. The highest BCUT2D eigenvalue weighted by Gasteiger charge is 2.48. The summed E-state index contributed by atoms with van der Waals surface area (Å²) in [6.45, 7) is -1.22. The molecular formula is C19H18F2N2O7. The van der Waals surface area contributed by atoms with E-state index in [0.29, 0.717) is 12.8 Å². The maximum atomic E-state index is 13.0. The van der Waals surface area contributed by atoms with Crippen molar-refractivity contribution in [1.82, 2.24) is 4.90 Å². The molecule has 0 unspecified atom stereocenters. The summed E-state index contributed by atoms with van der Waals surface area (Å²) in [5.74, 6) is -3.54. The SMILES string of the molecule is O=C(COC(=O)CN1C(=O)[C@H]2CCCC[C@H]2C1=O)Nc1ccc2c(c1)OC(F)(F)O2. The quantitative estimate of drug-likeness (QED) is 0.565. The number of fused-ring (bicyclic) bond motifs is 2. The Morgan fingerprint density at radius 3 is 2.40 bits per heavy atom. The summed E-state index contributed by atoms with van der Waals surface area (Å²) < 4.78 is 39.4. The number of nitrogens with zero attached hydrogens (tertiary/aromatic N) is 1. The Morgan fingerprint density at radius 1 is 1.10 bits per heavy atom. The Morgan fingerprint density at radius 2 is 1.73 bits per heavy atom. The van der Waals surface area contributed by atoms with Crippen LogP contribution in [0.1, 0.15) is 25.7 Å². The number of carbonyl (C=O) groups is 4. The predicted molar refractivity (Wildman–Crippen MR) is 94.4 cm³/mol. The van der Waals surface area contributed by atoms with Gasteiger partial charge in [0.2, 0.25) is 11.8 Å². The van der Waals surface area contributed by atoms with Crippen molar-refractivity contribution in [3.8, 4) is 11.5 Å². The van der Waals surface area contributed by atoms with Gasteiger partial charge in [0.1, 0.15) is 6.54 Å². The molecule has 1 aromatic carbocycles. The van der Waals surface area contributed by atoms with E-state index in [1.807, 2.05) is 0 Å². The van der Waals surface area contributed by atoms with Gasteiger partial charge in [0.25, 0.3) is 5.91 Å². The van der Waals surface area contributed by atoms with Gasteiger partial charge in [0.15, 0.2) is 18.1 Å². The van der Waals surface area contributed by atoms with E-state index in [9.17, 15) is 28.0 Å². The maximum Gasteiger partial charge on any atom is 0.586 e. The molecule has 0 aromatic heterocycles. The second-order valence-electron chi connectivity index (χ2n) is 7.30. The highest BCUT2D eigenvalue weighted by atomic mass is 19.3. The minimum absolute atomic E-state index is 0.130. The van der Waals surface area contributed by atoms with Crippen molar-refractivity contribution >= 4 is 29.4 Å². The molecule has 3 amide bonds. The van der Waals surface area contributed by atoms with Gasteiger partial charge < -0.3 is 19.5 Å². The smallest absolute Gasteiger partial charge is 0.454 e. The number of likely N-dealkylation sites (tertiary alicyclic amines) is 1. The van der Waals surface area contributed by atoms with Crippen molar-refractivity contribution in [2.24, 2.45) is 11.8 Å². The highest BCUT2D eigenvalue weighted by Crippen LogP contribution is 2.42. The molecule has 2 fully saturated rings. The van der Waals surface area contributed by atoms with E-state index in [2.05, 4.69) is 14.8 Å². The Kier molecular flexibility index (Phi) is 5.04. The minimum atomic E-state index is -3.78. The zero-order chi connectivity index (χ0) is 21.5. The van der Waals surface area contributed by atoms with Crippen molar-refractivity contribution in [2.75, 3.05) is 18.5 Å². The lowest BCUT2D eigenvalue weighted by atomic mass is 9.81. The van der Waals surface area contributed by atoms with Crippen molar-refractivity contribution in [3.05, 3.63) is 18.2 Å². The Hall–Kier alpha value is -3.24. The number of esters is 1. The van der Waals surface area contributed by atoms with Crippen molar-refractivity contribution < 1.29 is 42.2 Å². The Balaban J connectivity index is 1.27. The van der Waals surface area contributed by atoms with Crippen LogP contribution < -0.4 is 14.8 Å². The van der Waals surface area contributed by atoms with Crippen LogP contribution >= 0.6 is 0 Å². The summed E-state index contributed by atoms with van der Waals surface area (Å²) in [6.07, 6.45) is -0.774. The van der Waals surface area contributed by atoms with Crippen LogP contribution in [0.3, 0.4) is 0 Å². The number of hydrogen-bond acceptors (Lipinski definition) is 7. The van der Waals surface area contributed by atoms with E-state index in [-0.39, 0.29) is 40.8 Å². The van der Waals surface area contributed by atoms with Gasteiger partial charge in [-0.1, -0.05) is 12.8 Å². The third kappa shape index (κ3) is 3.91. The molecule has 0 spiro atoms. The molecular weight excluding hydrogens is 406 g/mol. The monoisotopic (exact) mass is 424 g/mol. The minimum Gasteiger partial charge on any atom is -0.454 e. The fraction of sp³-hybridized carbons (Fsp3) is 0.474. The molecule has 11 heteroatoms. The number of amides is 3. The number of ether oxygens (including phenoxy) is 3. The average Bonchev–Trinajstić information content (AvgIpc) is 3.13. The fourth-order valence-electron chi connectivity index (χ4n) is 3.93. The van der Waals surface area contributed by atoms with Crippen molar-refractivity contribution in [1.29, 1.82) is 0 Å². The Labute approximate surface area is 169 Å². The second-order valence-corrected chi connectivity index (χ2v) is 7.30. The van der Waals surface area contributed by atoms with Crippen LogP contribution in [-0.4, -0.2) is 48.0 Å². The molecule has 1 saturated heterocycles. The first-order valence-corrected chi connectivity index (χ1v) is 9.44. The largest absolute Gasteiger partial charge is 0.586 e. The summed E-state index contributed by atoms with van der Waals surface area (Å²) in [6, 6.07) is 3.65. The lowest BCUT2D eigenvalue weighted by molar-refractivity contribution is -0.286. The fourth-order valence-corrected chi connectivity index (χ4v) is 3.93. The number of anilines is 1. The first-order chi connectivity index (χ1) is 14.2. The van der Waals surface area contributed by atoms with Gasteiger partial charge in [-0.25, -0.2) is 0 Å². The summed E-state index contributed by atoms with van der Waals surface area (Å²) in [5, 5.41) is 2.36. The molecule has 4 rings (SSSR count). The lowest BCUT2D eigenvalue weighted by Gasteiger charge is -2.19. The topological polar surface area (TPSA) is 111 Å². The lowest BCUT2D eigenvalue weighted by Crippen LogP contribution is -2.37. The van der Waals surface area contributed by atoms with Crippen molar-refractivity contribution in [2.45, 2.75) is 32.0 Å². The van der Waals surface area contributed by atoms with Gasteiger partial charge in [-0.15, -0.1) is 8.78 Å². The summed E-state index contributed by atoms with van der Waals surface area (Å²) >= 11 is 0. The van der Waals surface area contributed by atoms with Gasteiger partial charge >= 0.3 is 12.3 Å². The van der Waals surface area contributed by atoms with Gasteiger partial charge in [-0.2, -0.15) is 0 Å². The zero-order valence-corrected chi connectivity index (χ0v) is 15.7. The summed E-state index contributed by atoms with van der Waals surface area (Å²) in [5.41, 5.74) is 0.130. The molecule has 160 valence electrons. The molecule has 9 nitrogen and oxygen atoms in total. The van der Waals surface area contributed by atoms with Crippen LogP contribution in [0.15, 0.2) is 18.2 Å². The van der Waals surface area contributed by atoms with Crippen LogP contribution in [0, 0.1) is 11.8 Å². The molecule has 1 aliphatic carbocycles. The number of alkyl halides is 2. The van der Waals surface area contributed by atoms with Gasteiger partial charge in [-0.05, 0) is 25.0 Å². The predicted octanol–water partition coefficient (Wildman–Crippen LogP) is 1.66. The number of halogens is 2. The summed E-state index contributed by atoms with van der Waals surface area (Å²) in [7, 11) is 0. The second kappa shape index (κ2) is 7.54. The Bertz CT molecular complexity index is 896. The van der Waals surface area contributed by atoms with E-state index in [1.165, 1.54) is 12.1 Å². The molecule has 0 radical (unpaired) electrons. The molecule has 2 aliphatic heterocycles. The first-order valence-electron chi connectivity index (χ1n) is 9.44. The van der Waals surface area contributed by atoms with Crippen LogP contribution in [0.4, 0.5) is 14.5 Å². The molecule has 1 saturated carbocycles. The average molecular weight is 424 g/mol. The number of rotatable bonds is 5. The van der Waals surface area contributed by atoms with E-state index in [0.717, 1.165) is 23.8 Å². The standard InChI is InChI=1S/C19H18F2N2O7/c20-19(21)29-13-6-5-10(7-14(13)30-19)22-15(24)9-28-16(25)8-23-17(26)11-3-1-2-4-12(11)18(23)27/h5-7,11-12H,1-4,8-9H2,(H,22,24)/t11-,12+. The summed E-state index contributed by atoms with van der Waals surface area (Å²) in [4.78, 5) is 49.6. The number of carbonyl (C=O) groups excluding carboxylic acids is 4. The first kappa shape index (κ1) is 20.0. The zero-order valence-electron chi connectivity index (χ0n) is 15.7. The van der Waals surface area contributed by atoms with Crippen molar-refractivity contribution in [3.63, 3.8) is 0 Å². The molecule has 3 aliphatic rings. The van der Waals surface area contributed by atoms with Gasteiger partial charge in [0.05, 0.1) is 11.8 Å². The third-order valence-electron chi connectivity index (χ3n) is 5.27. The molecule has 0 bridgehead atoms. The maximum absolute atomic E-state index is 13.0. The molecule has 2 atom stereocenters. The van der Waals surface area contributed by atoms with Crippen LogP contribution in [0.25, 0.3) is 0 Å². The van der Waals surface area contributed by atoms with Crippen LogP contribution in [0.5, 0.6) is 11.5 Å². The van der Waals surface area contributed by atoms with Crippen LogP contribution in [0.2, 0.25) is 0 Å². The van der Waals surface area contributed by atoms with Gasteiger partial charge in [0, 0.05) is 11.8 Å². The van der Waals surface area contributed by atoms with Crippen LogP contribution in [-0.2, 0) is 23.9 Å². The normalized spacial score (nSPS) is 23.9. The molecule has 1 aromatic rings. The van der Waals surface area contributed by atoms with E-state index in [4.69, 9.17) is 4.74 Å². The third-order valence-corrected chi connectivity index (χ3v) is 5.27. The molecule has 30 heavy (non-hydrogen) atoms. The van der Waals surface area contributed by atoms with E-state index >= 15 is 0 Å².